The second kappa shape index (κ2) is 10.8. The zero-order chi connectivity index (χ0) is 26.0. The Hall–Kier alpha value is -3.27. The van der Waals surface area contributed by atoms with Gasteiger partial charge in [0.25, 0.3) is 0 Å². The molecule has 3 aliphatic rings. The number of amides is 2. The van der Waals surface area contributed by atoms with E-state index in [1.807, 2.05) is 55.3 Å². The fourth-order valence-electron chi connectivity index (χ4n) is 4.57. The Morgan fingerprint density at radius 1 is 1.14 bits per heavy atom. The topological polar surface area (TPSA) is 91.7 Å². The van der Waals surface area contributed by atoms with Crippen LogP contribution in [0.25, 0.3) is 0 Å². The molecule has 0 spiro atoms. The fraction of sp³-hybridized carbons (Fsp3) is 0.462. The molecule has 0 aliphatic carbocycles. The third kappa shape index (κ3) is 5.28. The number of benzene rings is 1. The van der Waals surface area contributed by atoms with E-state index in [9.17, 15) is 14.4 Å². The van der Waals surface area contributed by atoms with Gasteiger partial charge in [0.1, 0.15) is 5.75 Å². The van der Waals surface area contributed by atoms with Gasteiger partial charge in [0.05, 0.1) is 36.9 Å². The van der Waals surface area contributed by atoms with Crippen molar-refractivity contribution in [2.75, 3.05) is 33.3 Å². The van der Waals surface area contributed by atoms with E-state index < -0.39 is 12.0 Å². The van der Waals surface area contributed by atoms with E-state index in [4.69, 9.17) is 14.5 Å². The van der Waals surface area contributed by atoms with Gasteiger partial charge in [0.2, 0.25) is 11.8 Å². The van der Waals surface area contributed by atoms with Crippen molar-refractivity contribution in [3.05, 3.63) is 52.2 Å². The van der Waals surface area contributed by atoms with Crippen LogP contribution in [0.4, 0.5) is 0 Å². The number of carbonyl (C=O) groups excluding carboxylic acids is 3. The van der Waals surface area contributed by atoms with Crippen LogP contribution in [-0.4, -0.2) is 77.0 Å². The molecule has 192 valence electrons. The Kier molecular flexibility index (Phi) is 7.73. The molecular weight excluding hydrogens is 480 g/mol. The summed E-state index contributed by atoms with van der Waals surface area (Å²) in [5, 5.41) is 2.64. The number of aliphatic imine (C=N–C) groups is 1. The van der Waals surface area contributed by atoms with Crippen LogP contribution in [0.3, 0.4) is 0 Å². The Morgan fingerprint density at radius 3 is 2.47 bits per heavy atom. The van der Waals surface area contributed by atoms with Gasteiger partial charge in [-0.2, -0.15) is 0 Å². The fourth-order valence-corrected chi connectivity index (χ4v) is 5.54. The Labute approximate surface area is 215 Å². The molecule has 10 heteroatoms. The summed E-state index contributed by atoms with van der Waals surface area (Å²) in [5.41, 5.74) is 2.64. The van der Waals surface area contributed by atoms with Gasteiger partial charge in [-0.3, -0.25) is 9.59 Å². The predicted octanol–water partition coefficient (Wildman–Crippen LogP) is 3.30. The first kappa shape index (κ1) is 25.8. The van der Waals surface area contributed by atoms with Crippen LogP contribution in [0.1, 0.15) is 45.7 Å². The van der Waals surface area contributed by atoms with Crippen LogP contribution in [-0.2, 0) is 19.1 Å². The molecule has 36 heavy (non-hydrogen) atoms. The molecule has 1 unspecified atom stereocenters. The predicted molar refractivity (Wildman–Crippen MR) is 138 cm³/mol. The minimum atomic E-state index is -0.512. The van der Waals surface area contributed by atoms with Crippen molar-refractivity contribution < 1.29 is 23.9 Å². The van der Waals surface area contributed by atoms with E-state index in [-0.39, 0.29) is 24.3 Å². The minimum Gasteiger partial charge on any atom is -0.497 e. The number of piperazine rings is 1. The van der Waals surface area contributed by atoms with Gasteiger partial charge in [-0.25, -0.2) is 9.79 Å². The Morgan fingerprint density at radius 2 is 1.83 bits per heavy atom. The summed E-state index contributed by atoms with van der Waals surface area (Å²) >= 11 is 1.44. The number of methoxy groups -OCH3 is 1. The zero-order valence-electron chi connectivity index (χ0n) is 21.3. The van der Waals surface area contributed by atoms with Gasteiger partial charge < -0.3 is 24.2 Å². The smallest absolute Gasteiger partial charge is 0.338 e. The van der Waals surface area contributed by atoms with Crippen LogP contribution < -0.4 is 4.74 Å². The molecule has 0 saturated carbocycles. The monoisotopic (exact) mass is 512 g/mol. The van der Waals surface area contributed by atoms with E-state index in [0.29, 0.717) is 48.4 Å². The van der Waals surface area contributed by atoms with E-state index >= 15 is 0 Å². The number of carbonyl (C=O) groups is 3. The molecule has 2 amide bonds. The lowest BCUT2D eigenvalue weighted by molar-refractivity contribution is -0.143. The van der Waals surface area contributed by atoms with Gasteiger partial charge in [-0.1, -0.05) is 23.9 Å². The van der Waals surface area contributed by atoms with E-state index in [0.717, 1.165) is 11.3 Å². The standard InChI is InChI=1S/C26H32N4O5S/c1-16(2)35-25(33)23-17(3)27-26-30(24(23)19-7-6-8-21(13-19)34-5)20(15-36-26)14-22(32)29-11-9-28(10-12-29)18(4)31/h6-8,13,15-16,24H,9-12,14H2,1-5H3. The molecule has 0 N–H and O–H groups in total. The second-order valence-corrected chi connectivity index (χ2v) is 10.0. The highest BCUT2D eigenvalue weighted by atomic mass is 32.2. The SMILES string of the molecule is COc1cccc(C2C(C(=O)OC(C)C)=C(C)N=C3SC=C(CC(=O)N4CCN(C(C)=O)CC4)N32)c1. The molecule has 1 fully saturated rings. The molecule has 1 saturated heterocycles. The van der Waals surface area contributed by atoms with Crippen molar-refractivity contribution in [3.8, 4) is 5.75 Å². The van der Waals surface area contributed by atoms with Gasteiger partial charge in [-0.05, 0) is 43.9 Å². The number of amidine groups is 1. The average molecular weight is 513 g/mol. The Balaban J connectivity index is 1.64. The van der Waals surface area contributed by atoms with E-state index in [2.05, 4.69) is 0 Å². The number of esters is 1. The molecule has 1 aromatic carbocycles. The van der Waals surface area contributed by atoms with Gasteiger partial charge >= 0.3 is 5.97 Å². The van der Waals surface area contributed by atoms with E-state index in [1.165, 1.54) is 11.8 Å². The third-order valence-corrected chi connectivity index (χ3v) is 7.27. The largest absolute Gasteiger partial charge is 0.497 e. The molecule has 0 aromatic heterocycles. The number of hydrogen-bond donors (Lipinski definition) is 0. The first-order valence-corrected chi connectivity index (χ1v) is 12.9. The number of hydrogen-bond acceptors (Lipinski definition) is 8. The van der Waals surface area contributed by atoms with Crippen molar-refractivity contribution in [2.45, 2.75) is 46.3 Å². The van der Waals surface area contributed by atoms with Crippen LogP contribution in [0, 0.1) is 0 Å². The second-order valence-electron chi connectivity index (χ2n) is 9.19. The molecule has 0 bridgehead atoms. The number of rotatable bonds is 6. The molecule has 1 atom stereocenters. The normalized spacial score (nSPS) is 19.7. The maximum Gasteiger partial charge on any atom is 0.338 e. The number of nitrogens with zero attached hydrogens (tertiary/aromatic N) is 4. The molecule has 1 aromatic rings. The van der Waals surface area contributed by atoms with Crippen LogP contribution >= 0.6 is 11.8 Å². The lowest BCUT2D eigenvalue weighted by atomic mass is 9.93. The summed E-state index contributed by atoms with van der Waals surface area (Å²) in [6.45, 7) is 9.06. The lowest BCUT2D eigenvalue weighted by Crippen LogP contribution is -2.50. The lowest BCUT2D eigenvalue weighted by Gasteiger charge is -2.38. The molecule has 4 rings (SSSR count). The van der Waals surface area contributed by atoms with Crippen molar-refractivity contribution in [2.24, 2.45) is 4.99 Å². The van der Waals surface area contributed by atoms with Crippen molar-refractivity contribution in [1.29, 1.82) is 0 Å². The zero-order valence-corrected chi connectivity index (χ0v) is 22.1. The molecule has 0 radical (unpaired) electrons. The summed E-state index contributed by atoms with van der Waals surface area (Å²) in [7, 11) is 1.60. The maximum atomic E-state index is 13.3. The average Bonchev–Trinajstić information content (AvgIpc) is 3.24. The Bertz CT molecular complexity index is 1150. The molecule has 9 nitrogen and oxygen atoms in total. The van der Waals surface area contributed by atoms with Crippen LogP contribution in [0.5, 0.6) is 5.75 Å². The first-order chi connectivity index (χ1) is 17.2. The summed E-state index contributed by atoms with van der Waals surface area (Å²) in [5.74, 6) is 0.243. The highest BCUT2D eigenvalue weighted by Crippen LogP contribution is 2.45. The maximum absolute atomic E-state index is 13.3. The summed E-state index contributed by atoms with van der Waals surface area (Å²) in [6, 6.07) is 7.06. The molecule has 3 aliphatic heterocycles. The summed E-state index contributed by atoms with van der Waals surface area (Å²) in [6.07, 6.45) is -0.120. The number of allylic oxidation sites excluding steroid dienone is 1. The molecular formula is C26H32N4O5S. The minimum absolute atomic E-state index is 0.0201. The van der Waals surface area contributed by atoms with Crippen molar-refractivity contribution in [1.82, 2.24) is 14.7 Å². The number of fused-ring (bicyclic) bond motifs is 1. The van der Waals surface area contributed by atoms with E-state index in [1.54, 1.807) is 23.8 Å². The molecule has 3 heterocycles. The summed E-state index contributed by atoms with van der Waals surface area (Å²) in [4.78, 5) is 48.4. The van der Waals surface area contributed by atoms with Crippen molar-refractivity contribution >= 4 is 34.7 Å². The third-order valence-electron chi connectivity index (χ3n) is 6.38. The van der Waals surface area contributed by atoms with Gasteiger partial charge in [-0.15, -0.1) is 0 Å². The van der Waals surface area contributed by atoms with Crippen LogP contribution in [0.2, 0.25) is 0 Å². The number of thioether (sulfide) groups is 1. The van der Waals surface area contributed by atoms with Crippen LogP contribution in [0.15, 0.2) is 51.6 Å². The van der Waals surface area contributed by atoms with Crippen molar-refractivity contribution in [3.63, 3.8) is 0 Å². The van der Waals surface area contributed by atoms with Gasteiger partial charge in [0.15, 0.2) is 5.17 Å². The van der Waals surface area contributed by atoms with Gasteiger partial charge in [0, 0.05) is 38.8 Å². The quantitative estimate of drug-likeness (QED) is 0.540. The summed E-state index contributed by atoms with van der Waals surface area (Å²) < 4.78 is 11.1. The number of ether oxygens (including phenoxy) is 2. The first-order valence-electron chi connectivity index (χ1n) is 12.0. The highest BCUT2D eigenvalue weighted by molar-refractivity contribution is 8.16. The highest BCUT2D eigenvalue weighted by Gasteiger charge is 2.42.